The van der Waals surface area contributed by atoms with E-state index in [1.54, 1.807) is 24.4 Å². The molecule has 1 heterocycles. The van der Waals surface area contributed by atoms with Gasteiger partial charge in [0.2, 0.25) is 0 Å². The van der Waals surface area contributed by atoms with Gasteiger partial charge in [0.05, 0.1) is 5.02 Å². The van der Waals surface area contributed by atoms with Crippen molar-refractivity contribution in [3.05, 3.63) is 57.3 Å². The van der Waals surface area contributed by atoms with Crippen LogP contribution in [0.2, 0.25) is 5.02 Å². The molecule has 0 fully saturated rings. The average Bonchev–Trinajstić information content (AvgIpc) is 2.37. The highest BCUT2D eigenvalue weighted by Crippen LogP contribution is 2.25. The van der Waals surface area contributed by atoms with Gasteiger partial charge in [0.25, 0.3) is 0 Å². The lowest BCUT2D eigenvalue weighted by molar-refractivity contribution is 0.0691. The first kappa shape index (κ1) is 13.8. The van der Waals surface area contributed by atoms with E-state index in [0.717, 1.165) is 10.0 Å². The third-order valence-electron chi connectivity index (χ3n) is 2.41. The highest BCUT2D eigenvalue weighted by Gasteiger charge is 2.12. The molecule has 2 rings (SSSR count). The largest absolute Gasteiger partial charge is 0.488 e. The number of rotatable bonds is 4. The topological polar surface area (TPSA) is 59.4 Å². The number of ether oxygens (including phenoxy) is 1. The first-order valence-electron chi connectivity index (χ1n) is 5.32. The molecule has 0 aliphatic heterocycles. The Morgan fingerprint density at radius 3 is 2.89 bits per heavy atom. The Hall–Kier alpha value is -1.59. The fourth-order valence-electron chi connectivity index (χ4n) is 1.47. The van der Waals surface area contributed by atoms with Crippen molar-refractivity contribution in [3.63, 3.8) is 0 Å². The Kier molecular flexibility index (Phi) is 4.39. The third kappa shape index (κ3) is 3.45. The number of carboxylic acid groups (broad SMARTS) is 1. The number of carbonyl (C=O) groups is 1. The van der Waals surface area contributed by atoms with Crippen LogP contribution < -0.4 is 4.74 Å². The van der Waals surface area contributed by atoms with Crippen LogP contribution in [0, 0.1) is 0 Å². The molecule has 0 aliphatic rings. The summed E-state index contributed by atoms with van der Waals surface area (Å²) in [5.74, 6) is -0.752. The summed E-state index contributed by atoms with van der Waals surface area (Å²) in [6.07, 6.45) is 3.11. The molecule has 1 aromatic carbocycles. The summed E-state index contributed by atoms with van der Waals surface area (Å²) in [5, 5.41) is 9.56. The zero-order valence-corrected chi connectivity index (χ0v) is 12.0. The standard InChI is InChI=1S/C13H9BrClNO3/c14-9-1-2-10(13(17)18)12(5-9)19-7-8-3-4-16-6-11(8)15/h1-6H,7H2,(H,17,18). The van der Waals surface area contributed by atoms with Gasteiger partial charge in [0.1, 0.15) is 17.9 Å². The van der Waals surface area contributed by atoms with E-state index in [1.165, 1.54) is 12.3 Å². The van der Waals surface area contributed by atoms with E-state index in [2.05, 4.69) is 20.9 Å². The van der Waals surface area contributed by atoms with Crippen molar-refractivity contribution in [1.82, 2.24) is 4.98 Å². The van der Waals surface area contributed by atoms with Crippen molar-refractivity contribution < 1.29 is 14.6 Å². The minimum absolute atomic E-state index is 0.105. The molecule has 0 bridgehead atoms. The summed E-state index contributed by atoms with van der Waals surface area (Å²) in [6, 6.07) is 6.46. The van der Waals surface area contributed by atoms with Gasteiger partial charge in [-0.25, -0.2) is 4.79 Å². The maximum absolute atomic E-state index is 11.1. The van der Waals surface area contributed by atoms with Crippen LogP contribution in [-0.2, 0) is 6.61 Å². The molecular weight excluding hydrogens is 334 g/mol. The van der Waals surface area contributed by atoms with Crippen molar-refractivity contribution in [1.29, 1.82) is 0 Å². The van der Waals surface area contributed by atoms with Crippen LogP contribution in [0.4, 0.5) is 0 Å². The number of halogens is 2. The molecule has 0 saturated carbocycles. The van der Waals surface area contributed by atoms with Gasteiger partial charge in [-0.2, -0.15) is 0 Å². The molecule has 0 unspecified atom stereocenters. The van der Waals surface area contributed by atoms with E-state index in [0.29, 0.717) is 5.02 Å². The van der Waals surface area contributed by atoms with Crippen LogP contribution in [0.1, 0.15) is 15.9 Å². The van der Waals surface area contributed by atoms with Gasteiger partial charge < -0.3 is 9.84 Å². The highest BCUT2D eigenvalue weighted by molar-refractivity contribution is 9.10. The van der Waals surface area contributed by atoms with Crippen LogP contribution in [-0.4, -0.2) is 16.1 Å². The Morgan fingerprint density at radius 1 is 1.42 bits per heavy atom. The van der Waals surface area contributed by atoms with Gasteiger partial charge in [-0.1, -0.05) is 27.5 Å². The van der Waals surface area contributed by atoms with Crippen molar-refractivity contribution in [2.75, 3.05) is 0 Å². The fourth-order valence-corrected chi connectivity index (χ4v) is 1.98. The van der Waals surface area contributed by atoms with Crippen molar-refractivity contribution in [2.24, 2.45) is 0 Å². The van der Waals surface area contributed by atoms with Crippen molar-refractivity contribution >= 4 is 33.5 Å². The molecule has 4 nitrogen and oxygen atoms in total. The molecule has 0 radical (unpaired) electrons. The second kappa shape index (κ2) is 6.04. The maximum Gasteiger partial charge on any atom is 0.339 e. The number of hydrogen-bond donors (Lipinski definition) is 1. The number of benzene rings is 1. The second-order valence-electron chi connectivity index (χ2n) is 3.70. The van der Waals surface area contributed by atoms with Crippen LogP contribution in [0.15, 0.2) is 41.1 Å². The van der Waals surface area contributed by atoms with Gasteiger partial charge in [-0.05, 0) is 24.3 Å². The molecule has 0 saturated heterocycles. The van der Waals surface area contributed by atoms with Gasteiger partial charge >= 0.3 is 5.97 Å². The van der Waals surface area contributed by atoms with E-state index < -0.39 is 5.97 Å². The van der Waals surface area contributed by atoms with Crippen LogP contribution in [0.5, 0.6) is 5.75 Å². The summed E-state index contributed by atoms with van der Waals surface area (Å²) < 4.78 is 6.27. The summed E-state index contributed by atoms with van der Waals surface area (Å²) in [7, 11) is 0. The smallest absolute Gasteiger partial charge is 0.339 e. The number of hydrogen-bond acceptors (Lipinski definition) is 3. The Bertz CT molecular complexity index is 619. The molecule has 98 valence electrons. The predicted molar refractivity (Wildman–Crippen MR) is 74.7 cm³/mol. The third-order valence-corrected chi connectivity index (χ3v) is 3.25. The van der Waals surface area contributed by atoms with E-state index in [4.69, 9.17) is 21.4 Å². The van der Waals surface area contributed by atoms with Gasteiger partial charge in [-0.3, -0.25) is 4.98 Å². The molecule has 1 N–H and O–H groups in total. The van der Waals surface area contributed by atoms with E-state index >= 15 is 0 Å². The Balaban J connectivity index is 2.22. The summed E-state index contributed by atoms with van der Waals surface area (Å²) >= 11 is 9.23. The lowest BCUT2D eigenvalue weighted by Crippen LogP contribution is -2.03. The fraction of sp³-hybridized carbons (Fsp3) is 0.0769. The maximum atomic E-state index is 11.1. The number of nitrogens with zero attached hydrogens (tertiary/aromatic N) is 1. The monoisotopic (exact) mass is 341 g/mol. The van der Waals surface area contributed by atoms with Gasteiger partial charge in [0, 0.05) is 22.4 Å². The quantitative estimate of drug-likeness (QED) is 0.918. The average molecular weight is 343 g/mol. The summed E-state index contributed by atoms with van der Waals surface area (Å²) in [6.45, 7) is 0.179. The zero-order chi connectivity index (χ0) is 13.8. The SMILES string of the molecule is O=C(O)c1ccc(Br)cc1OCc1ccncc1Cl. The van der Waals surface area contributed by atoms with Crippen molar-refractivity contribution in [3.8, 4) is 5.75 Å². The molecule has 0 aliphatic carbocycles. The molecule has 19 heavy (non-hydrogen) atoms. The lowest BCUT2D eigenvalue weighted by Gasteiger charge is -2.10. The zero-order valence-electron chi connectivity index (χ0n) is 9.64. The molecule has 6 heteroatoms. The number of aromatic carboxylic acids is 1. The molecule has 0 atom stereocenters. The highest BCUT2D eigenvalue weighted by atomic mass is 79.9. The van der Waals surface area contributed by atoms with Crippen LogP contribution in [0.25, 0.3) is 0 Å². The second-order valence-corrected chi connectivity index (χ2v) is 5.02. The summed E-state index contributed by atoms with van der Waals surface area (Å²) in [5.41, 5.74) is 0.848. The Morgan fingerprint density at radius 2 is 2.21 bits per heavy atom. The molecule has 0 spiro atoms. The predicted octanol–water partition coefficient (Wildman–Crippen LogP) is 3.77. The first-order chi connectivity index (χ1) is 9.08. The van der Waals surface area contributed by atoms with Gasteiger partial charge in [-0.15, -0.1) is 0 Å². The number of pyridine rings is 1. The van der Waals surface area contributed by atoms with E-state index in [-0.39, 0.29) is 17.9 Å². The minimum Gasteiger partial charge on any atom is -0.488 e. The molecule has 2 aromatic rings. The minimum atomic E-state index is -1.04. The number of carboxylic acids is 1. The van der Waals surface area contributed by atoms with Crippen LogP contribution >= 0.6 is 27.5 Å². The number of aromatic nitrogens is 1. The molecule has 0 amide bonds. The van der Waals surface area contributed by atoms with Crippen LogP contribution in [0.3, 0.4) is 0 Å². The van der Waals surface area contributed by atoms with Gasteiger partial charge in [0.15, 0.2) is 0 Å². The molecule has 1 aromatic heterocycles. The van der Waals surface area contributed by atoms with E-state index in [9.17, 15) is 4.79 Å². The summed E-state index contributed by atoms with van der Waals surface area (Å²) in [4.78, 5) is 15.0. The normalized spacial score (nSPS) is 10.2. The lowest BCUT2D eigenvalue weighted by atomic mass is 10.2. The van der Waals surface area contributed by atoms with E-state index in [1.807, 2.05) is 0 Å². The Labute approximate surface area is 123 Å². The first-order valence-corrected chi connectivity index (χ1v) is 6.49. The van der Waals surface area contributed by atoms with Crippen molar-refractivity contribution in [2.45, 2.75) is 6.61 Å². The molecular formula is C13H9BrClNO3.